The Bertz CT molecular complexity index is 493. The first-order valence-corrected chi connectivity index (χ1v) is 7.20. The minimum absolute atomic E-state index is 0.143. The van der Waals surface area contributed by atoms with E-state index in [4.69, 9.17) is 5.48 Å². The Hall–Kier alpha value is -0.850. The molecule has 0 aromatic heterocycles. The molecule has 0 aliphatic heterocycles. The first-order valence-electron chi connectivity index (χ1n) is 9.20. The molecule has 1 aromatic rings. The van der Waals surface area contributed by atoms with E-state index in [-0.39, 0.29) is 12.1 Å². The van der Waals surface area contributed by atoms with Crippen molar-refractivity contribution >= 4 is 0 Å². The first-order chi connectivity index (χ1) is 10.5. The van der Waals surface area contributed by atoms with E-state index in [0.29, 0.717) is 17.9 Å². The summed E-state index contributed by atoms with van der Waals surface area (Å²) in [5.41, 5.74) is 0.300. The molecule has 1 heteroatoms. The van der Waals surface area contributed by atoms with Crippen molar-refractivity contribution in [3.63, 3.8) is 0 Å². The van der Waals surface area contributed by atoms with Crippen LogP contribution in [0.5, 0.6) is 0 Å². The zero-order valence-corrected chi connectivity index (χ0v) is 11.2. The zero-order chi connectivity index (χ0) is 16.3. The van der Waals surface area contributed by atoms with Gasteiger partial charge in [0, 0.05) is 0 Å². The van der Waals surface area contributed by atoms with Crippen molar-refractivity contribution in [3.05, 3.63) is 35.6 Å². The molecule has 100 valence electrons. The van der Waals surface area contributed by atoms with E-state index in [1.807, 2.05) is 0 Å². The Balaban J connectivity index is 1.98. The van der Waals surface area contributed by atoms with Crippen LogP contribution in [0, 0.1) is 17.7 Å². The van der Waals surface area contributed by atoms with Crippen molar-refractivity contribution in [1.29, 1.82) is 0 Å². The van der Waals surface area contributed by atoms with E-state index in [2.05, 4.69) is 6.92 Å². The fourth-order valence-corrected chi connectivity index (χ4v) is 3.05. The maximum atomic E-state index is 13.8. The second-order valence-corrected chi connectivity index (χ2v) is 5.51. The topological polar surface area (TPSA) is 0 Å². The summed E-state index contributed by atoms with van der Waals surface area (Å²) in [4.78, 5) is 0. The van der Waals surface area contributed by atoms with Gasteiger partial charge < -0.3 is 0 Å². The summed E-state index contributed by atoms with van der Waals surface area (Å²) in [6.45, 7) is 2.22. The number of rotatable bonds is 5. The highest BCUT2D eigenvalue weighted by molar-refractivity contribution is 5.16. The van der Waals surface area contributed by atoms with Crippen LogP contribution in [-0.4, -0.2) is 0 Å². The Kier molecular flexibility index (Phi) is 3.50. The standard InChI is InChI=1S/C17H25F/c1-2-4-14-7-9-15(10-8-14)11-12-16-5-3-6-17(18)13-16/h3,5-6,13-15H,2,4,7-12H2,1H3/i3D,5D,6D,13D. The second kappa shape index (κ2) is 6.92. The highest BCUT2D eigenvalue weighted by Crippen LogP contribution is 2.33. The highest BCUT2D eigenvalue weighted by atomic mass is 19.1. The third kappa shape index (κ3) is 4.12. The summed E-state index contributed by atoms with van der Waals surface area (Å²) in [7, 11) is 0. The summed E-state index contributed by atoms with van der Waals surface area (Å²) in [5, 5.41) is 0. The molecule has 1 aliphatic rings. The molecule has 0 unspecified atom stereocenters. The minimum atomic E-state index is -0.956. The average molecular weight is 252 g/mol. The smallest absolute Gasteiger partial charge is 0.123 e. The molecule has 1 fully saturated rings. The molecule has 1 aliphatic carbocycles. The summed E-state index contributed by atoms with van der Waals surface area (Å²) in [6, 6.07) is -1.52. The van der Waals surface area contributed by atoms with Crippen LogP contribution >= 0.6 is 0 Å². The Morgan fingerprint density at radius 3 is 2.50 bits per heavy atom. The molecule has 0 atom stereocenters. The van der Waals surface area contributed by atoms with E-state index in [0.717, 1.165) is 12.3 Å². The number of hydrogen-bond acceptors (Lipinski definition) is 0. The van der Waals surface area contributed by atoms with Gasteiger partial charge in [0.25, 0.3) is 0 Å². The van der Waals surface area contributed by atoms with E-state index >= 15 is 0 Å². The van der Waals surface area contributed by atoms with Crippen LogP contribution < -0.4 is 0 Å². The third-order valence-electron chi connectivity index (χ3n) is 4.11. The fourth-order valence-electron chi connectivity index (χ4n) is 3.05. The zero-order valence-electron chi connectivity index (χ0n) is 15.2. The molecule has 2 rings (SSSR count). The van der Waals surface area contributed by atoms with Gasteiger partial charge in [-0.25, -0.2) is 4.39 Å². The Labute approximate surface area is 116 Å². The van der Waals surface area contributed by atoms with Gasteiger partial charge in [-0.15, -0.1) is 0 Å². The van der Waals surface area contributed by atoms with Gasteiger partial charge in [-0.1, -0.05) is 57.5 Å². The normalized spacial score (nSPS) is 27.2. The predicted molar refractivity (Wildman–Crippen MR) is 75.1 cm³/mol. The van der Waals surface area contributed by atoms with Gasteiger partial charge in [0.05, 0.1) is 5.48 Å². The van der Waals surface area contributed by atoms with Crippen LogP contribution in [0.4, 0.5) is 4.39 Å². The average Bonchev–Trinajstić information content (AvgIpc) is 2.53. The summed E-state index contributed by atoms with van der Waals surface area (Å²) >= 11 is 0. The third-order valence-corrected chi connectivity index (χ3v) is 4.11. The van der Waals surface area contributed by atoms with Crippen molar-refractivity contribution in [3.8, 4) is 0 Å². The molecule has 1 aromatic carbocycles. The molecule has 0 N–H and O–H groups in total. The molecule has 0 heterocycles. The number of hydrogen-bond donors (Lipinski definition) is 0. The van der Waals surface area contributed by atoms with Crippen molar-refractivity contribution in [2.45, 2.75) is 58.3 Å². The molecule has 0 amide bonds. The van der Waals surface area contributed by atoms with Crippen LogP contribution in [-0.2, 0) is 6.42 Å². The van der Waals surface area contributed by atoms with Crippen LogP contribution in [0.25, 0.3) is 0 Å². The first kappa shape index (κ1) is 9.12. The van der Waals surface area contributed by atoms with Gasteiger partial charge in [0.2, 0.25) is 0 Å². The highest BCUT2D eigenvalue weighted by Gasteiger charge is 2.20. The SMILES string of the molecule is [2H]c1c([2H])c(F)c([2H])c(CCC2CCC(CCC)CC2)c1[2H]. The monoisotopic (exact) mass is 252 g/mol. The molecule has 0 bridgehead atoms. The second-order valence-electron chi connectivity index (χ2n) is 5.51. The van der Waals surface area contributed by atoms with Gasteiger partial charge >= 0.3 is 0 Å². The van der Waals surface area contributed by atoms with Gasteiger partial charge in [-0.05, 0) is 42.3 Å². The van der Waals surface area contributed by atoms with Crippen molar-refractivity contribution in [1.82, 2.24) is 0 Å². The van der Waals surface area contributed by atoms with E-state index in [1.54, 1.807) is 0 Å². The van der Waals surface area contributed by atoms with Crippen LogP contribution in [0.1, 0.15) is 62.9 Å². The largest absolute Gasteiger partial charge is 0.207 e. The summed E-state index contributed by atoms with van der Waals surface area (Å²) in [5.74, 6) is 0.474. The molecule has 18 heavy (non-hydrogen) atoms. The van der Waals surface area contributed by atoms with Crippen molar-refractivity contribution in [2.75, 3.05) is 0 Å². The van der Waals surface area contributed by atoms with Crippen LogP contribution in [0.15, 0.2) is 24.2 Å². The lowest BCUT2D eigenvalue weighted by atomic mass is 9.78. The maximum Gasteiger partial charge on any atom is 0.123 e. The number of halogens is 1. The Morgan fingerprint density at radius 1 is 1.17 bits per heavy atom. The van der Waals surface area contributed by atoms with Gasteiger partial charge in [-0.2, -0.15) is 0 Å². The molecule has 0 nitrogen and oxygen atoms in total. The predicted octanol–water partition coefficient (Wildman–Crippen LogP) is 5.36. The van der Waals surface area contributed by atoms with E-state index in [9.17, 15) is 4.39 Å². The molecule has 1 saturated carbocycles. The Morgan fingerprint density at radius 2 is 1.83 bits per heavy atom. The van der Waals surface area contributed by atoms with Gasteiger partial charge in [0.1, 0.15) is 5.82 Å². The van der Waals surface area contributed by atoms with Crippen molar-refractivity contribution < 1.29 is 9.87 Å². The van der Waals surface area contributed by atoms with E-state index in [1.165, 1.54) is 38.5 Å². The molecule has 0 radical (unpaired) electrons. The minimum Gasteiger partial charge on any atom is -0.207 e. The lowest BCUT2D eigenvalue weighted by Gasteiger charge is -2.28. The van der Waals surface area contributed by atoms with E-state index < -0.39 is 17.9 Å². The molecular weight excluding hydrogens is 223 g/mol. The van der Waals surface area contributed by atoms with Gasteiger partial charge in [-0.3, -0.25) is 0 Å². The summed E-state index contributed by atoms with van der Waals surface area (Å²) < 4.78 is 44.4. The lowest BCUT2D eigenvalue weighted by molar-refractivity contribution is 0.252. The quantitative estimate of drug-likeness (QED) is 0.661. The lowest BCUT2D eigenvalue weighted by Crippen LogP contribution is -2.15. The van der Waals surface area contributed by atoms with Gasteiger partial charge in [0.15, 0.2) is 0 Å². The maximum absolute atomic E-state index is 13.8. The van der Waals surface area contributed by atoms with Crippen LogP contribution in [0.3, 0.4) is 0 Å². The number of benzene rings is 1. The van der Waals surface area contributed by atoms with Crippen LogP contribution in [0.2, 0.25) is 0 Å². The molecule has 0 spiro atoms. The van der Waals surface area contributed by atoms with Crippen molar-refractivity contribution in [2.24, 2.45) is 11.8 Å². The summed E-state index contributed by atoms with van der Waals surface area (Å²) in [6.07, 6.45) is 8.74. The fraction of sp³-hybridized carbons (Fsp3) is 0.647. The molecular formula is C17H25F. The molecule has 0 saturated heterocycles.